The molecule has 0 saturated carbocycles. The summed E-state index contributed by atoms with van der Waals surface area (Å²) in [5.41, 5.74) is 0. The highest BCUT2D eigenvalue weighted by Crippen LogP contribution is 2.18. The highest BCUT2D eigenvalue weighted by atomic mass is 16.6. The second-order valence-corrected chi connectivity index (χ2v) is 23.1. The highest BCUT2D eigenvalue weighted by molar-refractivity contribution is 5.71. The maximum absolute atomic E-state index is 12.9. The Bertz CT molecular complexity index is 1450. The van der Waals surface area contributed by atoms with Crippen molar-refractivity contribution in [3.63, 3.8) is 0 Å². The molecular formula is C73H130O6. The predicted octanol–water partition coefficient (Wildman–Crippen LogP) is 23.7. The summed E-state index contributed by atoms with van der Waals surface area (Å²) in [7, 11) is 0. The van der Waals surface area contributed by atoms with Crippen LogP contribution in [0.25, 0.3) is 0 Å². The number of ether oxygens (including phenoxy) is 3. The quantitative estimate of drug-likeness (QED) is 0.0261. The van der Waals surface area contributed by atoms with Crippen molar-refractivity contribution >= 4 is 17.9 Å². The monoisotopic (exact) mass is 1100 g/mol. The molecule has 0 spiro atoms. The summed E-state index contributed by atoms with van der Waals surface area (Å²) in [6, 6.07) is 0. The molecule has 6 heteroatoms. The first-order valence-electron chi connectivity index (χ1n) is 34.4. The van der Waals surface area contributed by atoms with Crippen LogP contribution in [0.15, 0.2) is 72.9 Å². The van der Waals surface area contributed by atoms with E-state index in [0.717, 1.165) is 109 Å². The average Bonchev–Trinajstić information content (AvgIpc) is 3.45. The zero-order chi connectivity index (χ0) is 57.1. The number of allylic oxidation sites excluding steroid dienone is 12. The summed E-state index contributed by atoms with van der Waals surface area (Å²) in [6.45, 7) is 6.55. The zero-order valence-electron chi connectivity index (χ0n) is 52.6. The van der Waals surface area contributed by atoms with Crippen molar-refractivity contribution in [1.82, 2.24) is 0 Å². The van der Waals surface area contributed by atoms with E-state index >= 15 is 0 Å². The van der Waals surface area contributed by atoms with Crippen molar-refractivity contribution in [1.29, 1.82) is 0 Å². The van der Waals surface area contributed by atoms with Crippen LogP contribution in [0.5, 0.6) is 0 Å². The number of carbonyl (C=O) groups excluding carboxylic acids is 3. The maximum atomic E-state index is 12.9. The molecule has 0 N–H and O–H groups in total. The van der Waals surface area contributed by atoms with Gasteiger partial charge in [0.05, 0.1) is 0 Å². The molecule has 79 heavy (non-hydrogen) atoms. The first-order chi connectivity index (χ1) is 39.0. The van der Waals surface area contributed by atoms with E-state index in [-0.39, 0.29) is 31.1 Å². The van der Waals surface area contributed by atoms with E-state index in [1.54, 1.807) is 0 Å². The number of hydrogen-bond donors (Lipinski definition) is 0. The fraction of sp³-hybridized carbons (Fsp3) is 0.795. The molecule has 0 aliphatic rings. The molecule has 0 rings (SSSR count). The minimum atomic E-state index is -0.781. The molecule has 0 aromatic rings. The molecule has 1 unspecified atom stereocenters. The SMILES string of the molecule is CC/C=C\C/C=C\C/C=C\C/C=C\C/C=C\C/C=C\CCCCCCCCC(=O)OC(COC(=O)CCCCCCCCCCCC)COC(=O)CCCCCCCCCCCCCCCCCCCCCCCCCCCC. The topological polar surface area (TPSA) is 78.9 Å². The lowest BCUT2D eigenvalue weighted by molar-refractivity contribution is -0.167. The fourth-order valence-corrected chi connectivity index (χ4v) is 10.1. The van der Waals surface area contributed by atoms with Crippen molar-refractivity contribution in [3.05, 3.63) is 72.9 Å². The van der Waals surface area contributed by atoms with Crippen LogP contribution in [0.1, 0.15) is 355 Å². The lowest BCUT2D eigenvalue weighted by Crippen LogP contribution is -2.30. The van der Waals surface area contributed by atoms with Crippen molar-refractivity contribution in [2.45, 2.75) is 361 Å². The zero-order valence-corrected chi connectivity index (χ0v) is 52.6. The normalized spacial score (nSPS) is 12.5. The molecule has 0 aromatic heterocycles. The van der Waals surface area contributed by atoms with E-state index in [1.807, 2.05) is 0 Å². The van der Waals surface area contributed by atoms with Gasteiger partial charge in [0.25, 0.3) is 0 Å². The number of esters is 3. The summed E-state index contributed by atoms with van der Waals surface area (Å²) >= 11 is 0. The van der Waals surface area contributed by atoms with E-state index in [2.05, 4.69) is 93.7 Å². The van der Waals surface area contributed by atoms with Gasteiger partial charge in [-0.1, -0.05) is 338 Å². The molecule has 6 nitrogen and oxygen atoms in total. The molecule has 0 bridgehead atoms. The fourth-order valence-electron chi connectivity index (χ4n) is 10.1. The van der Waals surface area contributed by atoms with Crippen LogP contribution < -0.4 is 0 Å². The number of carbonyl (C=O) groups is 3. The smallest absolute Gasteiger partial charge is 0.306 e. The van der Waals surface area contributed by atoms with Gasteiger partial charge in [0.2, 0.25) is 0 Å². The maximum Gasteiger partial charge on any atom is 0.306 e. The third-order valence-corrected chi connectivity index (χ3v) is 15.2. The van der Waals surface area contributed by atoms with Gasteiger partial charge in [0.1, 0.15) is 13.2 Å². The third-order valence-electron chi connectivity index (χ3n) is 15.2. The van der Waals surface area contributed by atoms with Gasteiger partial charge in [-0.05, 0) is 70.6 Å². The highest BCUT2D eigenvalue weighted by Gasteiger charge is 2.19. The summed E-state index contributed by atoms with van der Waals surface area (Å²) in [6.07, 6.45) is 87.9. The van der Waals surface area contributed by atoms with Crippen LogP contribution in [0.3, 0.4) is 0 Å². The largest absolute Gasteiger partial charge is 0.462 e. The van der Waals surface area contributed by atoms with Gasteiger partial charge in [-0.3, -0.25) is 14.4 Å². The van der Waals surface area contributed by atoms with E-state index in [9.17, 15) is 14.4 Å². The van der Waals surface area contributed by atoms with E-state index in [0.29, 0.717) is 19.3 Å². The van der Waals surface area contributed by atoms with Gasteiger partial charge in [-0.25, -0.2) is 0 Å². The van der Waals surface area contributed by atoms with E-state index < -0.39 is 6.10 Å². The Balaban J connectivity index is 4.22. The molecule has 0 saturated heterocycles. The molecular weight excluding hydrogens is 973 g/mol. The van der Waals surface area contributed by atoms with Crippen LogP contribution in [0, 0.1) is 0 Å². The van der Waals surface area contributed by atoms with Crippen LogP contribution in [0.2, 0.25) is 0 Å². The van der Waals surface area contributed by atoms with Crippen molar-refractivity contribution in [2.24, 2.45) is 0 Å². The summed E-state index contributed by atoms with van der Waals surface area (Å²) in [4.78, 5) is 38.3. The summed E-state index contributed by atoms with van der Waals surface area (Å²) < 4.78 is 16.9. The lowest BCUT2D eigenvalue weighted by Gasteiger charge is -2.18. The second-order valence-electron chi connectivity index (χ2n) is 23.1. The van der Waals surface area contributed by atoms with Crippen LogP contribution in [0.4, 0.5) is 0 Å². The van der Waals surface area contributed by atoms with E-state index in [1.165, 1.54) is 205 Å². The third kappa shape index (κ3) is 65.5. The molecule has 0 radical (unpaired) electrons. The molecule has 0 amide bonds. The Morgan fingerprint density at radius 3 is 0.772 bits per heavy atom. The van der Waals surface area contributed by atoms with Gasteiger partial charge in [0, 0.05) is 19.3 Å². The minimum Gasteiger partial charge on any atom is -0.462 e. The first-order valence-corrected chi connectivity index (χ1v) is 34.4. The van der Waals surface area contributed by atoms with Gasteiger partial charge in [-0.2, -0.15) is 0 Å². The molecule has 0 fully saturated rings. The molecule has 458 valence electrons. The van der Waals surface area contributed by atoms with Gasteiger partial charge < -0.3 is 14.2 Å². The van der Waals surface area contributed by atoms with Crippen LogP contribution in [-0.4, -0.2) is 37.2 Å². The Morgan fingerprint density at radius 2 is 0.494 bits per heavy atom. The molecule has 0 aliphatic carbocycles. The van der Waals surface area contributed by atoms with Crippen molar-refractivity contribution in [3.8, 4) is 0 Å². The van der Waals surface area contributed by atoms with E-state index in [4.69, 9.17) is 14.2 Å². The minimum absolute atomic E-state index is 0.0770. The Kier molecular flexibility index (Phi) is 64.7. The molecule has 1 atom stereocenters. The summed E-state index contributed by atoms with van der Waals surface area (Å²) in [5, 5.41) is 0. The number of rotatable bonds is 63. The Hall–Kier alpha value is -3.15. The summed E-state index contributed by atoms with van der Waals surface area (Å²) in [5.74, 6) is -0.874. The number of hydrogen-bond acceptors (Lipinski definition) is 6. The lowest BCUT2D eigenvalue weighted by atomic mass is 10.0. The Labute approximate surface area is 491 Å². The average molecular weight is 1100 g/mol. The van der Waals surface area contributed by atoms with Gasteiger partial charge in [-0.15, -0.1) is 0 Å². The molecule has 0 aromatic carbocycles. The van der Waals surface area contributed by atoms with Gasteiger partial charge in [0.15, 0.2) is 6.10 Å². The standard InChI is InChI=1S/C73H130O6/c1-4-7-10-13-16-19-22-24-26-28-30-32-34-36-38-39-41-43-45-47-49-51-54-57-60-63-66-72(75)78-69-70(68-77-71(74)65-62-59-56-53-21-18-15-12-9-6-3)79-73(76)67-64-61-58-55-52-50-48-46-44-42-40-37-35-33-31-29-27-25-23-20-17-14-11-8-5-2/h8,11,17,20,25,27,31,33,37,40,44,46,70H,4-7,9-10,12-16,18-19,21-24,26,28-30,32,34-36,38-39,41-43,45,47-69H2,1-3H3/b11-8-,20-17-,27-25-,33-31-,40-37-,46-44-. The first kappa shape index (κ1) is 75.8. The van der Waals surface area contributed by atoms with Crippen LogP contribution >= 0.6 is 0 Å². The van der Waals surface area contributed by atoms with Crippen molar-refractivity contribution < 1.29 is 28.6 Å². The second kappa shape index (κ2) is 67.4. The molecule has 0 aliphatic heterocycles. The molecule has 0 heterocycles. The number of unbranched alkanes of at least 4 members (excludes halogenated alkanes) is 40. The van der Waals surface area contributed by atoms with Gasteiger partial charge >= 0.3 is 17.9 Å². The van der Waals surface area contributed by atoms with Crippen LogP contribution in [-0.2, 0) is 28.6 Å². The Morgan fingerprint density at radius 1 is 0.266 bits per heavy atom. The predicted molar refractivity (Wildman–Crippen MR) is 344 cm³/mol. The van der Waals surface area contributed by atoms with Crippen molar-refractivity contribution in [2.75, 3.05) is 13.2 Å².